The Kier molecular flexibility index (Phi) is 1.51. The molecule has 0 heteroatoms. The van der Waals surface area contributed by atoms with Crippen LogP contribution in [0.4, 0.5) is 0 Å². The van der Waals surface area contributed by atoms with Crippen LogP contribution in [0.5, 0.6) is 0 Å². The van der Waals surface area contributed by atoms with Gasteiger partial charge in [-0.3, -0.25) is 0 Å². The SMILES string of the molecule is CC1C[C](C2CCC2C)C1. The van der Waals surface area contributed by atoms with Crippen molar-refractivity contribution in [1.82, 2.24) is 0 Å². The fraction of sp³-hybridized carbons (Fsp3) is 0.900. The molecular formula is C10H17. The molecule has 57 valence electrons. The Morgan fingerprint density at radius 2 is 1.80 bits per heavy atom. The lowest BCUT2D eigenvalue weighted by atomic mass is 9.59. The summed E-state index contributed by atoms with van der Waals surface area (Å²) >= 11 is 0. The molecule has 2 rings (SSSR count). The second-order valence-electron chi connectivity index (χ2n) is 4.33. The second kappa shape index (κ2) is 2.25. The molecule has 0 aliphatic heterocycles. The van der Waals surface area contributed by atoms with Gasteiger partial charge in [0.15, 0.2) is 0 Å². The van der Waals surface area contributed by atoms with Crippen LogP contribution in [0.1, 0.15) is 39.5 Å². The van der Waals surface area contributed by atoms with E-state index in [9.17, 15) is 0 Å². The summed E-state index contributed by atoms with van der Waals surface area (Å²) in [7, 11) is 0. The zero-order chi connectivity index (χ0) is 7.14. The van der Waals surface area contributed by atoms with Gasteiger partial charge < -0.3 is 0 Å². The van der Waals surface area contributed by atoms with E-state index >= 15 is 0 Å². The van der Waals surface area contributed by atoms with Crippen molar-refractivity contribution in [2.75, 3.05) is 0 Å². The van der Waals surface area contributed by atoms with Gasteiger partial charge >= 0.3 is 0 Å². The van der Waals surface area contributed by atoms with E-state index in [1.165, 1.54) is 25.7 Å². The molecule has 0 amide bonds. The maximum absolute atomic E-state index is 2.41. The Bertz CT molecular complexity index is 122. The Balaban J connectivity index is 1.79. The van der Waals surface area contributed by atoms with Crippen molar-refractivity contribution < 1.29 is 0 Å². The molecule has 2 aliphatic rings. The summed E-state index contributed by atoms with van der Waals surface area (Å²) in [4.78, 5) is 0. The molecule has 2 unspecified atom stereocenters. The maximum atomic E-state index is 2.41. The van der Waals surface area contributed by atoms with Gasteiger partial charge in [0.05, 0.1) is 0 Å². The van der Waals surface area contributed by atoms with Crippen LogP contribution in [0.25, 0.3) is 0 Å². The summed E-state index contributed by atoms with van der Waals surface area (Å²) in [5.74, 6) is 4.99. The van der Waals surface area contributed by atoms with Gasteiger partial charge in [0.1, 0.15) is 0 Å². The predicted molar refractivity (Wildman–Crippen MR) is 43.5 cm³/mol. The molecule has 2 aliphatic carbocycles. The van der Waals surface area contributed by atoms with Crippen LogP contribution in [0.2, 0.25) is 0 Å². The Morgan fingerprint density at radius 3 is 2.10 bits per heavy atom. The normalized spacial score (nSPS) is 42.6. The molecule has 0 bridgehead atoms. The molecule has 2 atom stereocenters. The molecule has 0 aromatic carbocycles. The third kappa shape index (κ3) is 0.889. The summed E-state index contributed by atoms with van der Waals surface area (Å²) in [6.07, 6.45) is 5.90. The van der Waals surface area contributed by atoms with Gasteiger partial charge in [-0.1, -0.05) is 20.3 Å². The molecule has 10 heavy (non-hydrogen) atoms. The summed E-state index contributed by atoms with van der Waals surface area (Å²) in [5, 5.41) is 0. The first-order chi connectivity index (χ1) is 4.77. The molecular weight excluding hydrogens is 120 g/mol. The number of rotatable bonds is 1. The molecule has 0 N–H and O–H groups in total. The van der Waals surface area contributed by atoms with Crippen molar-refractivity contribution in [3.05, 3.63) is 5.92 Å². The van der Waals surface area contributed by atoms with Gasteiger partial charge in [0, 0.05) is 0 Å². The highest BCUT2D eigenvalue weighted by Crippen LogP contribution is 2.50. The highest BCUT2D eigenvalue weighted by atomic mass is 14.4. The predicted octanol–water partition coefficient (Wildman–Crippen LogP) is 3.04. The van der Waals surface area contributed by atoms with E-state index in [2.05, 4.69) is 13.8 Å². The van der Waals surface area contributed by atoms with Crippen molar-refractivity contribution in [2.24, 2.45) is 17.8 Å². The Labute approximate surface area is 64.0 Å². The second-order valence-corrected chi connectivity index (χ2v) is 4.33. The average Bonchev–Trinajstić information content (AvgIpc) is 1.82. The monoisotopic (exact) mass is 137 g/mol. The third-order valence-corrected chi connectivity index (χ3v) is 3.37. The fourth-order valence-corrected chi connectivity index (χ4v) is 2.41. The van der Waals surface area contributed by atoms with Gasteiger partial charge in [0.2, 0.25) is 0 Å². The van der Waals surface area contributed by atoms with Crippen molar-refractivity contribution >= 4 is 0 Å². The molecule has 0 aromatic heterocycles. The van der Waals surface area contributed by atoms with E-state index in [1.807, 2.05) is 5.92 Å². The summed E-state index contributed by atoms with van der Waals surface area (Å²) in [6.45, 7) is 4.77. The zero-order valence-electron chi connectivity index (χ0n) is 7.06. The molecule has 2 fully saturated rings. The topological polar surface area (TPSA) is 0 Å². The zero-order valence-corrected chi connectivity index (χ0v) is 7.06. The first-order valence-electron chi connectivity index (χ1n) is 4.62. The van der Waals surface area contributed by atoms with E-state index in [-0.39, 0.29) is 0 Å². The standard InChI is InChI=1S/C10H17/c1-7-5-9(6-7)10-4-3-8(10)2/h7-8,10H,3-6H2,1-2H3. The minimum atomic E-state index is 1.02. The number of hydrogen-bond donors (Lipinski definition) is 0. The van der Waals surface area contributed by atoms with Crippen molar-refractivity contribution in [2.45, 2.75) is 39.5 Å². The van der Waals surface area contributed by atoms with E-state index in [1.54, 1.807) is 0 Å². The molecule has 0 heterocycles. The van der Waals surface area contributed by atoms with Crippen LogP contribution in [-0.2, 0) is 0 Å². The van der Waals surface area contributed by atoms with Gasteiger partial charge in [-0.05, 0) is 42.9 Å². The maximum Gasteiger partial charge on any atom is -0.0202 e. The van der Waals surface area contributed by atoms with E-state index in [0.717, 1.165) is 17.8 Å². The molecule has 0 aromatic rings. The number of hydrogen-bond acceptors (Lipinski definition) is 0. The van der Waals surface area contributed by atoms with Gasteiger partial charge in [-0.2, -0.15) is 0 Å². The van der Waals surface area contributed by atoms with Crippen LogP contribution < -0.4 is 0 Å². The highest BCUT2D eigenvalue weighted by molar-refractivity contribution is 5.10. The summed E-state index contributed by atoms with van der Waals surface area (Å²) < 4.78 is 0. The third-order valence-electron chi connectivity index (χ3n) is 3.37. The quantitative estimate of drug-likeness (QED) is 0.521. The van der Waals surface area contributed by atoms with E-state index < -0.39 is 0 Å². The van der Waals surface area contributed by atoms with Crippen molar-refractivity contribution in [3.8, 4) is 0 Å². The largest absolute Gasteiger partial charge is 0.0625 e. The highest BCUT2D eigenvalue weighted by Gasteiger charge is 2.39. The Hall–Kier alpha value is 0. The van der Waals surface area contributed by atoms with E-state index in [4.69, 9.17) is 0 Å². The van der Waals surface area contributed by atoms with Crippen LogP contribution >= 0.6 is 0 Å². The van der Waals surface area contributed by atoms with Crippen LogP contribution in [0.3, 0.4) is 0 Å². The van der Waals surface area contributed by atoms with E-state index in [0.29, 0.717) is 0 Å². The lowest BCUT2D eigenvalue weighted by Crippen LogP contribution is -2.35. The van der Waals surface area contributed by atoms with Crippen LogP contribution in [0.15, 0.2) is 0 Å². The summed E-state index contributed by atoms with van der Waals surface area (Å²) in [6, 6.07) is 0. The fourth-order valence-electron chi connectivity index (χ4n) is 2.41. The molecule has 0 saturated heterocycles. The molecule has 1 radical (unpaired) electrons. The smallest absolute Gasteiger partial charge is 0.0202 e. The lowest BCUT2D eigenvalue weighted by Gasteiger charge is -2.46. The van der Waals surface area contributed by atoms with Crippen molar-refractivity contribution in [3.63, 3.8) is 0 Å². The van der Waals surface area contributed by atoms with Gasteiger partial charge in [-0.15, -0.1) is 0 Å². The van der Waals surface area contributed by atoms with Gasteiger partial charge in [0.25, 0.3) is 0 Å². The molecule has 0 spiro atoms. The summed E-state index contributed by atoms with van der Waals surface area (Å²) in [5.41, 5.74) is 0. The average molecular weight is 137 g/mol. The minimum Gasteiger partial charge on any atom is -0.0625 e. The van der Waals surface area contributed by atoms with Crippen LogP contribution in [0, 0.1) is 23.7 Å². The van der Waals surface area contributed by atoms with Crippen LogP contribution in [-0.4, -0.2) is 0 Å². The molecule has 0 nitrogen and oxygen atoms in total. The van der Waals surface area contributed by atoms with Crippen molar-refractivity contribution in [1.29, 1.82) is 0 Å². The van der Waals surface area contributed by atoms with Gasteiger partial charge in [-0.25, -0.2) is 0 Å². The molecule has 2 saturated carbocycles. The first-order valence-corrected chi connectivity index (χ1v) is 4.62. The Morgan fingerprint density at radius 1 is 1.10 bits per heavy atom. The lowest BCUT2D eigenvalue weighted by molar-refractivity contribution is 0.151. The minimum absolute atomic E-state index is 1.02. The first kappa shape index (κ1) is 6.69.